The van der Waals surface area contributed by atoms with Crippen molar-refractivity contribution in [3.63, 3.8) is 0 Å². The molecule has 1 spiro atoms. The molecule has 0 radical (unpaired) electrons. The van der Waals surface area contributed by atoms with E-state index in [4.69, 9.17) is 4.74 Å². The second-order valence-electron chi connectivity index (χ2n) is 14.3. The molecule has 4 heteroatoms. The number of nitrogens with zero attached hydrogens (tertiary/aromatic N) is 1. The number of fused-ring (bicyclic) bond motifs is 5. The maximum Gasteiger partial charge on any atom is 0.222 e. The maximum absolute atomic E-state index is 13.0. The lowest BCUT2D eigenvalue weighted by Gasteiger charge is -2.58. The first-order valence-electron chi connectivity index (χ1n) is 15.0. The van der Waals surface area contributed by atoms with E-state index in [1.54, 1.807) is 5.57 Å². The Balaban J connectivity index is 1.07. The SMILES string of the molecule is C[C@H](CCC(=O)N1CCC2(CC1)COC2)[C@H]1CC[C@H]2[C@@H]3CC=C4C[C@@H](O)CC[C@]4(C)[C@H]3CC[C@]12C. The lowest BCUT2D eigenvalue weighted by molar-refractivity contribution is -0.153. The largest absolute Gasteiger partial charge is 0.393 e. The molecule has 3 saturated carbocycles. The van der Waals surface area contributed by atoms with Gasteiger partial charge >= 0.3 is 0 Å². The molecule has 35 heavy (non-hydrogen) atoms. The molecule has 1 N–H and O–H groups in total. The molecule has 4 nitrogen and oxygen atoms in total. The van der Waals surface area contributed by atoms with E-state index in [2.05, 4.69) is 31.7 Å². The maximum atomic E-state index is 13.0. The number of carbonyl (C=O) groups is 1. The quantitative estimate of drug-likeness (QED) is 0.500. The van der Waals surface area contributed by atoms with E-state index in [1.807, 2.05) is 0 Å². The van der Waals surface area contributed by atoms with Crippen LogP contribution >= 0.6 is 0 Å². The Labute approximate surface area is 213 Å². The number of carbonyl (C=O) groups excluding carboxylic acids is 1. The van der Waals surface area contributed by atoms with E-state index in [1.165, 1.54) is 38.5 Å². The van der Waals surface area contributed by atoms with Crippen LogP contribution in [0.5, 0.6) is 0 Å². The predicted molar refractivity (Wildman–Crippen MR) is 139 cm³/mol. The molecule has 196 valence electrons. The summed E-state index contributed by atoms with van der Waals surface area (Å²) in [4.78, 5) is 15.2. The number of rotatable bonds is 4. The summed E-state index contributed by atoms with van der Waals surface area (Å²) >= 11 is 0. The minimum Gasteiger partial charge on any atom is -0.393 e. The Morgan fingerprint density at radius 3 is 2.57 bits per heavy atom. The first-order chi connectivity index (χ1) is 16.7. The molecule has 2 saturated heterocycles. The van der Waals surface area contributed by atoms with E-state index in [-0.39, 0.29) is 6.10 Å². The fourth-order valence-corrected chi connectivity index (χ4v) is 10.2. The predicted octanol–water partition coefficient (Wildman–Crippen LogP) is 5.98. The molecule has 8 atom stereocenters. The molecule has 0 aromatic carbocycles. The highest BCUT2D eigenvalue weighted by molar-refractivity contribution is 5.76. The standard InChI is InChI=1S/C31H49NO3/c1-21(4-9-28(34)32-16-14-31(15-17-32)19-35-20-31)25-7-8-26-24-6-5-22-18-23(33)10-12-29(22,2)27(24)11-13-30(25,26)3/h5,21,23-27,33H,4,6-20H2,1-3H3/t21-,23+,24+,25-,26+,27+,29+,30-/m1/s1. The molecule has 0 bridgehead atoms. The zero-order chi connectivity index (χ0) is 24.4. The number of piperidine rings is 1. The van der Waals surface area contributed by atoms with E-state index < -0.39 is 0 Å². The molecule has 0 unspecified atom stereocenters. The fourth-order valence-electron chi connectivity index (χ4n) is 10.2. The monoisotopic (exact) mass is 483 g/mol. The number of aliphatic hydroxyl groups is 1. The minimum atomic E-state index is -0.113. The van der Waals surface area contributed by atoms with Crippen LogP contribution in [-0.2, 0) is 9.53 Å². The first kappa shape index (κ1) is 24.5. The number of hydrogen-bond acceptors (Lipinski definition) is 3. The van der Waals surface area contributed by atoms with Gasteiger partial charge in [-0.25, -0.2) is 0 Å². The average Bonchev–Trinajstić information content (AvgIpc) is 3.19. The molecule has 4 aliphatic carbocycles. The smallest absolute Gasteiger partial charge is 0.222 e. The van der Waals surface area contributed by atoms with E-state index >= 15 is 0 Å². The van der Waals surface area contributed by atoms with E-state index in [0.29, 0.717) is 28.1 Å². The fraction of sp³-hybridized carbons (Fsp3) is 0.903. The van der Waals surface area contributed by atoms with Gasteiger partial charge in [-0.15, -0.1) is 0 Å². The van der Waals surface area contributed by atoms with Crippen LogP contribution in [-0.4, -0.2) is 48.3 Å². The van der Waals surface area contributed by atoms with Crippen LogP contribution in [0.2, 0.25) is 0 Å². The van der Waals surface area contributed by atoms with Crippen molar-refractivity contribution in [2.75, 3.05) is 26.3 Å². The van der Waals surface area contributed by atoms with Gasteiger partial charge in [0, 0.05) is 24.9 Å². The van der Waals surface area contributed by atoms with E-state index in [9.17, 15) is 9.90 Å². The first-order valence-corrected chi connectivity index (χ1v) is 15.0. The highest BCUT2D eigenvalue weighted by Gasteiger charge is 2.59. The molecule has 2 aliphatic heterocycles. The van der Waals surface area contributed by atoms with Crippen molar-refractivity contribution in [3.05, 3.63) is 11.6 Å². The molecule has 2 heterocycles. The highest BCUT2D eigenvalue weighted by atomic mass is 16.5. The van der Waals surface area contributed by atoms with Crippen LogP contribution in [0.15, 0.2) is 11.6 Å². The second-order valence-corrected chi connectivity index (χ2v) is 14.3. The molecule has 1 amide bonds. The van der Waals surface area contributed by atoms with Gasteiger partial charge in [0.15, 0.2) is 0 Å². The Hall–Kier alpha value is -0.870. The summed E-state index contributed by atoms with van der Waals surface area (Å²) in [5.74, 6) is 4.28. The van der Waals surface area contributed by atoms with Gasteiger partial charge in [-0.3, -0.25) is 4.79 Å². The minimum absolute atomic E-state index is 0.113. The van der Waals surface area contributed by atoms with Crippen LogP contribution in [0.25, 0.3) is 0 Å². The summed E-state index contributed by atoms with van der Waals surface area (Å²) in [5, 5.41) is 10.3. The molecular formula is C31H49NO3. The summed E-state index contributed by atoms with van der Waals surface area (Å²) in [5.41, 5.74) is 2.76. The number of aliphatic hydroxyl groups excluding tert-OH is 1. The highest BCUT2D eigenvalue weighted by Crippen LogP contribution is 2.67. The molecule has 0 aromatic heterocycles. The van der Waals surface area contributed by atoms with Gasteiger partial charge in [-0.05, 0) is 111 Å². The lowest BCUT2D eigenvalue weighted by atomic mass is 9.47. The third-order valence-corrected chi connectivity index (χ3v) is 12.6. The van der Waals surface area contributed by atoms with Crippen molar-refractivity contribution in [1.82, 2.24) is 4.90 Å². The van der Waals surface area contributed by atoms with Gasteiger partial charge in [0.2, 0.25) is 5.91 Å². The van der Waals surface area contributed by atoms with Crippen LogP contribution < -0.4 is 0 Å². The number of amides is 1. The third-order valence-electron chi connectivity index (χ3n) is 12.6. The Morgan fingerprint density at radius 1 is 1.09 bits per heavy atom. The summed E-state index contributed by atoms with van der Waals surface area (Å²) in [6, 6.07) is 0. The van der Waals surface area contributed by atoms with Crippen LogP contribution in [0.1, 0.15) is 97.8 Å². The van der Waals surface area contributed by atoms with Gasteiger partial charge in [0.1, 0.15) is 0 Å². The number of hydrogen-bond donors (Lipinski definition) is 1. The third kappa shape index (κ3) is 3.95. The van der Waals surface area contributed by atoms with Gasteiger partial charge < -0.3 is 14.7 Å². The van der Waals surface area contributed by atoms with Crippen molar-refractivity contribution < 1.29 is 14.6 Å². The topological polar surface area (TPSA) is 49.8 Å². The molecule has 5 fully saturated rings. The van der Waals surface area contributed by atoms with Gasteiger partial charge in [-0.1, -0.05) is 32.4 Å². The second kappa shape index (κ2) is 8.86. The van der Waals surface area contributed by atoms with Crippen LogP contribution in [0, 0.1) is 45.8 Å². The summed E-state index contributed by atoms with van der Waals surface area (Å²) in [6.45, 7) is 11.3. The number of allylic oxidation sites excluding steroid dienone is 1. The zero-order valence-corrected chi connectivity index (χ0v) is 22.6. The van der Waals surface area contributed by atoms with Crippen molar-refractivity contribution in [1.29, 1.82) is 0 Å². The van der Waals surface area contributed by atoms with Gasteiger partial charge in [-0.2, -0.15) is 0 Å². The number of ether oxygens (including phenoxy) is 1. The van der Waals surface area contributed by atoms with E-state index in [0.717, 1.165) is 88.5 Å². The zero-order valence-electron chi connectivity index (χ0n) is 22.6. The average molecular weight is 484 g/mol. The van der Waals surface area contributed by atoms with Gasteiger partial charge in [0.05, 0.1) is 19.3 Å². The lowest BCUT2D eigenvalue weighted by Crippen LogP contribution is -2.52. The Kier molecular flexibility index (Phi) is 6.19. The van der Waals surface area contributed by atoms with Crippen molar-refractivity contribution in [2.24, 2.45) is 45.8 Å². The Bertz CT molecular complexity index is 853. The van der Waals surface area contributed by atoms with Crippen molar-refractivity contribution in [2.45, 2.75) is 104 Å². The van der Waals surface area contributed by atoms with Crippen molar-refractivity contribution in [3.8, 4) is 0 Å². The van der Waals surface area contributed by atoms with Crippen molar-refractivity contribution >= 4 is 5.91 Å². The Morgan fingerprint density at radius 2 is 1.86 bits per heavy atom. The number of likely N-dealkylation sites (tertiary alicyclic amines) is 1. The molecular weight excluding hydrogens is 434 g/mol. The molecule has 0 aromatic rings. The summed E-state index contributed by atoms with van der Waals surface area (Å²) in [6.07, 6.45) is 16.3. The summed E-state index contributed by atoms with van der Waals surface area (Å²) < 4.78 is 5.45. The van der Waals surface area contributed by atoms with Crippen LogP contribution in [0.4, 0.5) is 0 Å². The molecule has 6 rings (SSSR count). The molecule has 6 aliphatic rings. The van der Waals surface area contributed by atoms with Crippen LogP contribution in [0.3, 0.4) is 0 Å². The normalized spacial score (nSPS) is 45.1. The summed E-state index contributed by atoms with van der Waals surface area (Å²) in [7, 11) is 0. The van der Waals surface area contributed by atoms with Gasteiger partial charge in [0.25, 0.3) is 0 Å².